The standard InChI is InChI=1S/C22H31N9O/c1-15(2)29-13-19(24-14-29)26-20-17-7-5-11-31(17)28-22(27-20)30-10-4-8-18(30)21(32)25-16-6-3-9-23-12-16/h5,7,11,13-16,18,23H,3-4,6,8-10,12H2,1-2H3,(H,25,32)(H,26,27,28). The highest BCUT2D eigenvalue weighted by Crippen LogP contribution is 2.27. The molecule has 0 radical (unpaired) electrons. The molecule has 3 N–H and O–H groups in total. The lowest BCUT2D eigenvalue weighted by Crippen LogP contribution is -2.51. The molecule has 2 unspecified atom stereocenters. The fourth-order valence-electron chi connectivity index (χ4n) is 4.49. The molecule has 2 aliphatic heterocycles. The van der Waals surface area contributed by atoms with Gasteiger partial charge in [-0.1, -0.05) is 0 Å². The maximum absolute atomic E-state index is 13.1. The molecule has 0 saturated carbocycles. The first-order chi connectivity index (χ1) is 15.6. The van der Waals surface area contributed by atoms with E-state index in [-0.39, 0.29) is 18.0 Å². The first-order valence-corrected chi connectivity index (χ1v) is 11.5. The topological polar surface area (TPSA) is 104 Å². The van der Waals surface area contributed by atoms with Gasteiger partial charge in [-0.25, -0.2) is 9.50 Å². The summed E-state index contributed by atoms with van der Waals surface area (Å²) in [6, 6.07) is 4.18. The van der Waals surface area contributed by atoms with Crippen molar-refractivity contribution in [1.82, 2.24) is 34.8 Å². The number of hydrogen-bond acceptors (Lipinski definition) is 7. The third-order valence-electron chi connectivity index (χ3n) is 6.28. The van der Waals surface area contributed by atoms with Crippen LogP contribution in [0.5, 0.6) is 0 Å². The number of carbonyl (C=O) groups excluding carboxylic acids is 1. The van der Waals surface area contributed by atoms with Crippen LogP contribution in [0.1, 0.15) is 45.6 Å². The molecule has 32 heavy (non-hydrogen) atoms. The number of fused-ring (bicyclic) bond motifs is 1. The van der Waals surface area contributed by atoms with Crippen molar-refractivity contribution in [2.75, 3.05) is 29.9 Å². The van der Waals surface area contributed by atoms with Crippen molar-refractivity contribution in [3.63, 3.8) is 0 Å². The van der Waals surface area contributed by atoms with Crippen LogP contribution in [0.2, 0.25) is 0 Å². The van der Waals surface area contributed by atoms with E-state index in [1.54, 1.807) is 0 Å². The van der Waals surface area contributed by atoms with E-state index < -0.39 is 0 Å². The van der Waals surface area contributed by atoms with Gasteiger partial charge in [0.1, 0.15) is 17.4 Å². The average molecular weight is 438 g/mol. The molecule has 0 bridgehead atoms. The zero-order chi connectivity index (χ0) is 22.1. The largest absolute Gasteiger partial charge is 0.350 e. The van der Waals surface area contributed by atoms with E-state index in [0.717, 1.165) is 56.7 Å². The van der Waals surface area contributed by atoms with Crippen LogP contribution in [-0.4, -0.2) is 61.8 Å². The molecule has 0 aromatic carbocycles. The first kappa shape index (κ1) is 20.7. The second kappa shape index (κ2) is 8.78. The molecule has 5 rings (SSSR count). The molecule has 5 heterocycles. The molecule has 2 atom stereocenters. The summed E-state index contributed by atoms with van der Waals surface area (Å²) in [4.78, 5) is 24.4. The number of anilines is 3. The summed E-state index contributed by atoms with van der Waals surface area (Å²) in [5, 5.41) is 14.6. The number of amides is 1. The number of imidazole rings is 1. The van der Waals surface area contributed by atoms with Gasteiger partial charge in [0.05, 0.1) is 6.33 Å². The number of rotatable bonds is 6. The Bertz CT molecular complexity index is 1080. The van der Waals surface area contributed by atoms with Gasteiger partial charge in [0.25, 0.3) is 0 Å². The fourth-order valence-corrected chi connectivity index (χ4v) is 4.49. The minimum atomic E-state index is -0.252. The molecule has 1 amide bonds. The zero-order valence-corrected chi connectivity index (χ0v) is 18.7. The lowest BCUT2D eigenvalue weighted by molar-refractivity contribution is -0.123. The summed E-state index contributed by atoms with van der Waals surface area (Å²) in [5.41, 5.74) is 0.862. The van der Waals surface area contributed by atoms with E-state index in [4.69, 9.17) is 10.1 Å². The molecular formula is C22H31N9O. The molecular weight excluding hydrogens is 406 g/mol. The highest BCUT2D eigenvalue weighted by atomic mass is 16.2. The van der Waals surface area contributed by atoms with Crippen molar-refractivity contribution in [2.24, 2.45) is 0 Å². The molecule has 2 fully saturated rings. The second-order valence-corrected chi connectivity index (χ2v) is 8.93. The smallest absolute Gasteiger partial charge is 0.246 e. The van der Waals surface area contributed by atoms with E-state index in [1.165, 1.54) is 0 Å². The van der Waals surface area contributed by atoms with Crippen molar-refractivity contribution in [2.45, 2.75) is 57.7 Å². The summed E-state index contributed by atoms with van der Waals surface area (Å²) < 4.78 is 3.85. The van der Waals surface area contributed by atoms with Crippen molar-refractivity contribution in [3.05, 3.63) is 30.9 Å². The Morgan fingerprint density at radius 1 is 1.28 bits per heavy atom. The average Bonchev–Trinajstić information content (AvgIpc) is 3.54. The van der Waals surface area contributed by atoms with Crippen LogP contribution >= 0.6 is 0 Å². The number of carbonyl (C=O) groups is 1. The van der Waals surface area contributed by atoms with Gasteiger partial charge in [0.2, 0.25) is 11.9 Å². The zero-order valence-electron chi connectivity index (χ0n) is 18.7. The number of nitrogens with zero attached hydrogens (tertiary/aromatic N) is 6. The molecule has 3 aromatic rings. The molecule has 170 valence electrons. The van der Waals surface area contributed by atoms with Gasteiger partial charge in [-0.2, -0.15) is 4.98 Å². The van der Waals surface area contributed by atoms with Crippen LogP contribution in [0, 0.1) is 0 Å². The highest BCUT2D eigenvalue weighted by Gasteiger charge is 2.34. The number of piperidine rings is 1. The molecule has 10 nitrogen and oxygen atoms in total. The third kappa shape index (κ3) is 4.14. The quantitative estimate of drug-likeness (QED) is 0.542. The van der Waals surface area contributed by atoms with E-state index in [0.29, 0.717) is 17.8 Å². The maximum atomic E-state index is 13.1. The second-order valence-electron chi connectivity index (χ2n) is 8.93. The Hall–Kier alpha value is -3.14. The Morgan fingerprint density at radius 3 is 2.97 bits per heavy atom. The predicted molar refractivity (Wildman–Crippen MR) is 123 cm³/mol. The summed E-state index contributed by atoms with van der Waals surface area (Å²) in [6.07, 6.45) is 9.54. The minimum Gasteiger partial charge on any atom is -0.350 e. The SMILES string of the molecule is CC(C)n1cnc(Nc2nc(N3CCCC3C(=O)NC3CCCNC3)nn3cccc23)c1. The molecule has 10 heteroatoms. The molecule has 2 saturated heterocycles. The van der Waals surface area contributed by atoms with E-state index in [9.17, 15) is 4.79 Å². The minimum absolute atomic E-state index is 0.0672. The van der Waals surface area contributed by atoms with Crippen molar-refractivity contribution >= 4 is 29.0 Å². The van der Waals surface area contributed by atoms with Crippen LogP contribution in [0.15, 0.2) is 30.9 Å². The fraction of sp³-hybridized carbons (Fsp3) is 0.545. The van der Waals surface area contributed by atoms with Gasteiger partial charge < -0.3 is 25.4 Å². The van der Waals surface area contributed by atoms with Gasteiger partial charge in [-0.15, -0.1) is 5.10 Å². The van der Waals surface area contributed by atoms with E-state index in [2.05, 4.69) is 34.8 Å². The van der Waals surface area contributed by atoms with Crippen molar-refractivity contribution in [3.8, 4) is 0 Å². The van der Waals surface area contributed by atoms with Crippen molar-refractivity contribution < 1.29 is 4.79 Å². The Kier molecular flexibility index (Phi) is 5.69. The van der Waals surface area contributed by atoms with Crippen LogP contribution < -0.4 is 20.9 Å². The molecule has 2 aliphatic rings. The van der Waals surface area contributed by atoms with Crippen LogP contribution in [-0.2, 0) is 4.79 Å². The Balaban J connectivity index is 1.39. The summed E-state index contributed by atoms with van der Waals surface area (Å²) >= 11 is 0. The molecule has 0 spiro atoms. The highest BCUT2D eigenvalue weighted by molar-refractivity contribution is 5.86. The summed E-state index contributed by atoms with van der Waals surface area (Å²) in [6.45, 7) is 6.84. The maximum Gasteiger partial charge on any atom is 0.246 e. The van der Waals surface area contributed by atoms with Crippen LogP contribution in [0.3, 0.4) is 0 Å². The van der Waals surface area contributed by atoms with Gasteiger partial charge >= 0.3 is 0 Å². The van der Waals surface area contributed by atoms with Gasteiger partial charge in [0.15, 0.2) is 5.82 Å². The number of hydrogen-bond donors (Lipinski definition) is 3. The van der Waals surface area contributed by atoms with E-state index in [1.807, 2.05) is 44.8 Å². The third-order valence-corrected chi connectivity index (χ3v) is 6.28. The van der Waals surface area contributed by atoms with Gasteiger partial charge in [-0.3, -0.25) is 4.79 Å². The first-order valence-electron chi connectivity index (χ1n) is 11.5. The van der Waals surface area contributed by atoms with Gasteiger partial charge in [-0.05, 0) is 58.2 Å². The van der Waals surface area contributed by atoms with Crippen LogP contribution in [0.25, 0.3) is 5.52 Å². The summed E-state index contributed by atoms with van der Waals surface area (Å²) in [7, 11) is 0. The molecule has 0 aliphatic carbocycles. The van der Waals surface area contributed by atoms with E-state index >= 15 is 0 Å². The number of aromatic nitrogens is 5. The lowest BCUT2D eigenvalue weighted by Gasteiger charge is -2.28. The van der Waals surface area contributed by atoms with Crippen molar-refractivity contribution in [1.29, 1.82) is 0 Å². The lowest BCUT2D eigenvalue weighted by atomic mass is 10.1. The Morgan fingerprint density at radius 2 is 2.19 bits per heavy atom. The number of nitrogens with one attached hydrogen (secondary N) is 3. The Labute approximate surface area is 187 Å². The predicted octanol–water partition coefficient (Wildman–Crippen LogP) is 2.09. The normalized spacial score (nSPS) is 21.4. The monoisotopic (exact) mass is 437 g/mol. The summed E-state index contributed by atoms with van der Waals surface area (Å²) in [5.74, 6) is 2.03. The molecule has 3 aromatic heterocycles. The van der Waals surface area contributed by atoms with Crippen LogP contribution in [0.4, 0.5) is 17.6 Å². The van der Waals surface area contributed by atoms with Gasteiger partial charge in [0, 0.05) is 37.6 Å².